The Balaban J connectivity index is 1.47. The van der Waals surface area contributed by atoms with Gasteiger partial charge in [0.15, 0.2) is 17.4 Å². The molecule has 34 heavy (non-hydrogen) atoms. The number of hydrogen-bond acceptors (Lipinski definition) is 10. The van der Waals surface area contributed by atoms with Crippen molar-refractivity contribution in [2.24, 2.45) is 0 Å². The van der Waals surface area contributed by atoms with Crippen LogP contribution in [0.4, 0.5) is 23.3 Å². The highest BCUT2D eigenvalue weighted by molar-refractivity contribution is 5.71. The van der Waals surface area contributed by atoms with E-state index in [1.807, 2.05) is 37.3 Å². The van der Waals surface area contributed by atoms with E-state index in [1.54, 1.807) is 13.3 Å². The van der Waals surface area contributed by atoms with Gasteiger partial charge in [-0.2, -0.15) is 10.1 Å². The number of aromatic nitrogens is 6. The lowest BCUT2D eigenvalue weighted by molar-refractivity contribution is 0.201. The third-order valence-electron chi connectivity index (χ3n) is 5.80. The number of hydrogen-bond donors (Lipinski definition) is 3. The molecule has 1 atom stereocenters. The first-order valence-corrected chi connectivity index (χ1v) is 11.2. The molecule has 4 N–H and O–H groups in total. The number of pyridine rings is 1. The van der Waals surface area contributed by atoms with Crippen LogP contribution < -0.4 is 16.0 Å². The summed E-state index contributed by atoms with van der Waals surface area (Å²) in [7, 11) is 1.66. The van der Waals surface area contributed by atoms with Gasteiger partial charge >= 0.3 is 0 Å². The van der Waals surface area contributed by atoms with Crippen LogP contribution in [0.2, 0.25) is 0 Å². The minimum absolute atomic E-state index is 0.0376. The molecule has 4 aromatic rings. The third kappa shape index (κ3) is 4.42. The number of rotatable bonds is 8. The zero-order chi connectivity index (χ0) is 23.5. The summed E-state index contributed by atoms with van der Waals surface area (Å²) in [5.74, 6) is 2.49. The number of aryl methyl sites for hydroxylation is 1. The molecule has 0 aliphatic carbocycles. The van der Waals surface area contributed by atoms with Crippen molar-refractivity contribution in [2.75, 3.05) is 36.2 Å². The van der Waals surface area contributed by atoms with E-state index in [-0.39, 0.29) is 6.04 Å². The topological polar surface area (TPSA) is 144 Å². The zero-order valence-electron chi connectivity index (χ0n) is 19.2. The summed E-state index contributed by atoms with van der Waals surface area (Å²) in [6.45, 7) is 3.22. The van der Waals surface area contributed by atoms with Crippen molar-refractivity contribution in [3.8, 4) is 11.4 Å². The van der Waals surface area contributed by atoms with Gasteiger partial charge in [-0.1, -0.05) is 11.2 Å². The monoisotopic (exact) mass is 461 g/mol. The minimum atomic E-state index is -0.0376. The van der Waals surface area contributed by atoms with Gasteiger partial charge in [0.1, 0.15) is 5.69 Å². The largest absolute Gasteiger partial charge is 0.394 e. The Labute approximate surface area is 196 Å². The van der Waals surface area contributed by atoms with Crippen molar-refractivity contribution >= 4 is 23.3 Å². The molecule has 1 unspecified atom stereocenters. The maximum atomic E-state index is 6.42. The number of anilines is 4. The van der Waals surface area contributed by atoms with E-state index in [0.717, 1.165) is 42.2 Å². The molecular formula is C23H27N9O2. The molecule has 5 rings (SSSR count). The number of nitrogens with one attached hydrogen (secondary N) is 2. The SMILES string of the molecule is COCCc1nc(N2CCCC2c2cc(-c3ccccn3)no2)nc(Nc2cc(C)[nH]n2)c1N. The van der Waals surface area contributed by atoms with Gasteiger partial charge in [-0.25, -0.2) is 4.98 Å². The summed E-state index contributed by atoms with van der Waals surface area (Å²) in [6.07, 6.45) is 4.19. The highest BCUT2D eigenvalue weighted by Gasteiger charge is 2.32. The van der Waals surface area contributed by atoms with Crippen LogP contribution >= 0.6 is 0 Å². The molecule has 0 amide bonds. The third-order valence-corrected chi connectivity index (χ3v) is 5.80. The molecule has 0 saturated carbocycles. The van der Waals surface area contributed by atoms with E-state index >= 15 is 0 Å². The van der Waals surface area contributed by atoms with E-state index in [9.17, 15) is 0 Å². The van der Waals surface area contributed by atoms with Gasteiger partial charge in [0.25, 0.3) is 0 Å². The van der Waals surface area contributed by atoms with Crippen LogP contribution in [0.3, 0.4) is 0 Å². The smallest absolute Gasteiger partial charge is 0.228 e. The van der Waals surface area contributed by atoms with Crippen LogP contribution in [0.15, 0.2) is 41.1 Å². The van der Waals surface area contributed by atoms with Gasteiger partial charge in [0, 0.05) is 44.1 Å². The highest BCUT2D eigenvalue weighted by atomic mass is 16.5. The predicted octanol–water partition coefficient (Wildman–Crippen LogP) is 3.41. The molecule has 1 fully saturated rings. The summed E-state index contributed by atoms with van der Waals surface area (Å²) in [6, 6.07) is 9.51. The number of methoxy groups -OCH3 is 1. The average molecular weight is 462 g/mol. The van der Waals surface area contributed by atoms with E-state index in [1.165, 1.54) is 0 Å². The number of aromatic amines is 1. The van der Waals surface area contributed by atoms with Crippen molar-refractivity contribution in [3.63, 3.8) is 0 Å². The number of H-pyrrole nitrogens is 1. The molecule has 176 valence electrons. The molecule has 4 aromatic heterocycles. The Morgan fingerprint density at radius 1 is 1.26 bits per heavy atom. The van der Waals surface area contributed by atoms with Gasteiger partial charge in [-0.15, -0.1) is 0 Å². The van der Waals surface area contributed by atoms with Gasteiger partial charge in [0.05, 0.1) is 29.7 Å². The second kappa shape index (κ2) is 9.48. The highest BCUT2D eigenvalue weighted by Crippen LogP contribution is 2.37. The van der Waals surface area contributed by atoms with E-state index in [2.05, 4.69) is 30.6 Å². The lowest BCUT2D eigenvalue weighted by atomic mass is 10.1. The second-order valence-electron chi connectivity index (χ2n) is 8.22. The Kier molecular flexibility index (Phi) is 6.09. The number of nitrogens with two attached hydrogens (primary N) is 1. The molecule has 0 bridgehead atoms. The first-order chi connectivity index (χ1) is 16.6. The van der Waals surface area contributed by atoms with Crippen molar-refractivity contribution < 1.29 is 9.26 Å². The molecule has 0 aromatic carbocycles. The quantitative estimate of drug-likeness (QED) is 0.357. The number of ether oxygens (including phenoxy) is 1. The zero-order valence-corrected chi connectivity index (χ0v) is 19.2. The lowest BCUT2D eigenvalue weighted by Crippen LogP contribution is -2.25. The van der Waals surface area contributed by atoms with Crippen molar-refractivity contribution in [1.82, 2.24) is 30.3 Å². The van der Waals surface area contributed by atoms with Gasteiger partial charge in [0.2, 0.25) is 5.95 Å². The second-order valence-corrected chi connectivity index (χ2v) is 8.22. The molecular weight excluding hydrogens is 434 g/mol. The molecule has 0 spiro atoms. The Morgan fingerprint density at radius 2 is 2.18 bits per heavy atom. The van der Waals surface area contributed by atoms with Crippen LogP contribution in [0, 0.1) is 6.92 Å². The molecule has 1 aliphatic rings. The van der Waals surface area contributed by atoms with Gasteiger partial charge < -0.3 is 25.2 Å². The molecule has 0 radical (unpaired) electrons. The average Bonchev–Trinajstić information content (AvgIpc) is 3.61. The lowest BCUT2D eigenvalue weighted by Gasteiger charge is -2.24. The van der Waals surface area contributed by atoms with Crippen molar-refractivity contribution in [1.29, 1.82) is 0 Å². The maximum Gasteiger partial charge on any atom is 0.228 e. The van der Waals surface area contributed by atoms with E-state index in [4.69, 9.17) is 25.0 Å². The predicted molar refractivity (Wildman–Crippen MR) is 128 cm³/mol. The fraction of sp³-hybridized carbons (Fsp3) is 0.348. The summed E-state index contributed by atoms with van der Waals surface area (Å²) in [5.41, 5.74) is 10.0. The number of nitrogens with zero attached hydrogens (tertiary/aromatic N) is 6. The molecule has 1 saturated heterocycles. The van der Waals surface area contributed by atoms with Crippen LogP contribution in [-0.4, -0.2) is 50.6 Å². The molecule has 11 heteroatoms. The fourth-order valence-electron chi connectivity index (χ4n) is 4.10. The van der Waals surface area contributed by atoms with Crippen molar-refractivity contribution in [2.45, 2.75) is 32.2 Å². The van der Waals surface area contributed by atoms with Crippen LogP contribution in [0.5, 0.6) is 0 Å². The Hall–Kier alpha value is -3.99. The minimum Gasteiger partial charge on any atom is -0.394 e. The van der Waals surface area contributed by atoms with Gasteiger partial charge in [-0.3, -0.25) is 10.1 Å². The standard InChI is InChI=1S/C23H27N9O2/c1-14-12-20(30-29-14)27-22-21(24)16(8-11-33-2)26-23(28-22)32-10-5-7-18(32)19-13-17(31-34-19)15-6-3-4-9-25-15/h3-4,6,9,12-13,18H,5,7-8,10-11,24H2,1-2H3,(H2,26,27,28,29,30). The van der Waals surface area contributed by atoms with Crippen molar-refractivity contribution in [3.05, 3.63) is 53.7 Å². The Morgan fingerprint density at radius 3 is 2.94 bits per heavy atom. The first-order valence-electron chi connectivity index (χ1n) is 11.2. The van der Waals surface area contributed by atoms with Crippen LogP contribution in [0.25, 0.3) is 11.4 Å². The molecule has 5 heterocycles. The fourth-order valence-corrected chi connectivity index (χ4v) is 4.10. The summed E-state index contributed by atoms with van der Waals surface area (Å²) in [4.78, 5) is 16.1. The molecule has 1 aliphatic heterocycles. The van der Waals surface area contributed by atoms with Crippen LogP contribution in [-0.2, 0) is 11.2 Å². The summed E-state index contributed by atoms with van der Waals surface area (Å²) < 4.78 is 11.0. The van der Waals surface area contributed by atoms with Gasteiger partial charge in [-0.05, 0) is 31.9 Å². The summed E-state index contributed by atoms with van der Waals surface area (Å²) in [5, 5.41) is 14.6. The van der Waals surface area contributed by atoms with Crippen LogP contribution in [0.1, 0.15) is 36.0 Å². The Bertz CT molecular complexity index is 1250. The van der Waals surface area contributed by atoms with E-state index < -0.39 is 0 Å². The maximum absolute atomic E-state index is 6.42. The van der Waals surface area contributed by atoms with E-state index in [0.29, 0.717) is 42.0 Å². The molecule has 11 nitrogen and oxygen atoms in total. The summed E-state index contributed by atoms with van der Waals surface area (Å²) >= 11 is 0. The normalized spacial score (nSPS) is 15.7. The first kappa shape index (κ1) is 21.8. The number of nitrogen functional groups attached to an aromatic ring is 1.